The highest BCUT2D eigenvalue weighted by atomic mass is 16.3. The first-order valence-electron chi connectivity index (χ1n) is 9.80. The number of carbonyl (C=O) groups excluding carboxylic acids is 1. The lowest BCUT2D eigenvalue weighted by atomic mass is 10.1. The van der Waals surface area contributed by atoms with E-state index in [4.69, 9.17) is 0 Å². The second-order valence-electron chi connectivity index (χ2n) is 7.24. The number of nitrogens with zero attached hydrogens (tertiary/aromatic N) is 3. The summed E-state index contributed by atoms with van der Waals surface area (Å²) in [6.07, 6.45) is 7.45. The van der Waals surface area contributed by atoms with E-state index in [9.17, 15) is 9.90 Å². The maximum atomic E-state index is 12.7. The molecule has 4 rings (SSSR count). The smallest absolute Gasteiger partial charge is 0.257 e. The predicted octanol–water partition coefficient (Wildman–Crippen LogP) is 3.87. The van der Waals surface area contributed by atoms with Gasteiger partial charge in [-0.15, -0.1) is 0 Å². The Hall–Kier alpha value is -3.25. The Morgan fingerprint density at radius 2 is 2.03 bits per heavy atom. The van der Waals surface area contributed by atoms with Gasteiger partial charge in [-0.25, -0.2) is 4.98 Å². The monoisotopic (exact) mass is 388 g/mol. The van der Waals surface area contributed by atoms with Crippen LogP contribution < -0.4 is 10.2 Å². The Labute approximate surface area is 170 Å². The van der Waals surface area contributed by atoms with Crippen molar-refractivity contribution >= 4 is 17.4 Å². The number of aliphatic hydroxyl groups is 1. The molecule has 3 aromatic rings. The molecule has 2 aromatic heterocycles. The first kappa shape index (κ1) is 19.1. The number of aromatic nitrogens is 2. The Kier molecular flexibility index (Phi) is 5.53. The minimum atomic E-state index is -0.214. The molecule has 148 valence electrons. The standard InChI is InChI=1S/C23H24N4O2/c1-16-19(15-28)4-2-5-20(16)26-23(29)18-7-8-22(25-14-18)27-13-3-6-21(27)17-9-11-24-12-10-17/h2,4-5,7-12,14,21,28H,3,6,13,15H2,1H3,(H,26,29). The molecule has 6 nitrogen and oxygen atoms in total. The fraction of sp³-hybridized carbons (Fsp3) is 0.261. The van der Waals surface area contributed by atoms with Gasteiger partial charge in [-0.3, -0.25) is 9.78 Å². The van der Waals surface area contributed by atoms with E-state index in [2.05, 4.69) is 20.2 Å². The number of rotatable bonds is 5. The van der Waals surface area contributed by atoms with Crippen LogP contribution in [0.2, 0.25) is 0 Å². The lowest BCUT2D eigenvalue weighted by Gasteiger charge is -2.26. The molecule has 1 aromatic carbocycles. The minimum absolute atomic E-state index is 0.0553. The molecule has 2 N–H and O–H groups in total. The van der Waals surface area contributed by atoms with E-state index >= 15 is 0 Å². The SMILES string of the molecule is Cc1c(CO)cccc1NC(=O)c1ccc(N2CCCC2c2ccncc2)nc1. The first-order chi connectivity index (χ1) is 14.2. The molecule has 1 fully saturated rings. The summed E-state index contributed by atoms with van der Waals surface area (Å²) in [5, 5.41) is 12.3. The number of aliphatic hydroxyl groups excluding tert-OH is 1. The first-order valence-corrected chi connectivity index (χ1v) is 9.80. The molecular formula is C23H24N4O2. The molecule has 0 spiro atoms. The predicted molar refractivity (Wildman–Crippen MR) is 113 cm³/mol. The van der Waals surface area contributed by atoms with E-state index in [0.717, 1.165) is 36.3 Å². The Balaban J connectivity index is 1.50. The third kappa shape index (κ3) is 3.98. The van der Waals surface area contributed by atoms with Crippen LogP contribution >= 0.6 is 0 Å². The molecule has 3 heterocycles. The minimum Gasteiger partial charge on any atom is -0.392 e. The van der Waals surface area contributed by atoms with E-state index in [0.29, 0.717) is 11.3 Å². The van der Waals surface area contributed by atoms with Crippen molar-refractivity contribution in [1.82, 2.24) is 9.97 Å². The van der Waals surface area contributed by atoms with Crippen LogP contribution in [0.15, 0.2) is 61.1 Å². The normalized spacial score (nSPS) is 16.1. The molecule has 0 radical (unpaired) electrons. The van der Waals surface area contributed by atoms with E-state index in [1.807, 2.05) is 61.8 Å². The quantitative estimate of drug-likeness (QED) is 0.694. The summed E-state index contributed by atoms with van der Waals surface area (Å²) in [5.74, 6) is 0.661. The summed E-state index contributed by atoms with van der Waals surface area (Å²) >= 11 is 0. The van der Waals surface area contributed by atoms with Crippen LogP contribution in [0.4, 0.5) is 11.5 Å². The second kappa shape index (κ2) is 8.41. The number of anilines is 2. The van der Waals surface area contributed by atoms with Gasteiger partial charge in [0.05, 0.1) is 18.2 Å². The van der Waals surface area contributed by atoms with E-state index < -0.39 is 0 Å². The summed E-state index contributed by atoms with van der Waals surface area (Å²) in [6.45, 7) is 2.77. The van der Waals surface area contributed by atoms with Crippen LogP contribution in [-0.4, -0.2) is 27.5 Å². The van der Waals surface area contributed by atoms with Crippen LogP contribution in [0.1, 0.15) is 45.9 Å². The average Bonchev–Trinajstić information content (AvgIpc) is 3.26. The zero-order chi connectivity index (χ0) is 20.2. The van der Waals surface area contributed by atoms with Gasteiger partial charge in [-0.2, -0.15) is 0 Å². The number of amides is 1. The molecule has 0 saturated carbocycles. The number of carbonyl (C=O) groups is 1. The van der Waals surface area contributed by atoms with Crippen molar-refractivity contribution in [3.63, 3.8) is 0 Å². The van der Waals surface area contributed by atoms with Gasteiger partial charge >= 0.3 is 0 Å². The molecule has 1 atom stereocenters. The van der Waals surface area contributed by atoms with Crippen molar-refractivity contribution in [3.05, 3.63) is 83.3 Å². The number of benzene rings is 1. The van der Waals surface area contributed by atoms with Crippen molar-refractivity contribution in [1.29, 1.82) is 0 Å². The molecule has 6 heteroatoms. The summed E-state index contributed by atoms with van der Waals surface area (Å²) in [4.78, 5) is 23.6. The number of hydrogen-bond acceptors (Lipinski definition) is 5. The van der Waals surface area contributed by atoms with Gasteiger partial charge in [0, 0.05) is 30.8 Å². The van der Waals surface area contributed by atoms with Gasteiger partial charge in [0.2, 0.25) is 0 Å². The maximum absolute atomic E-state index is 12.7. The van der Waals surface area contributed by atoms with E-state index in [-0.39, 0.29) is 18.6 Å². The fourth-order valence-electron chi connectivity index (χ4n) is 3.85. The highest BCUT2D eigenvalue weighted by Crippen LogP contribution is 2.34. The molecule has 1 amide bonds. The summed E-state index contributed by atoms with van der Waals surface area (Å²) < 4.78 is 0. The molecule has 0 bridgehead atoms. The number of pyridine rings is 2. The molecule has 1 aliphatic rings. The van der Waals surface area contributed by atoms with Crippen LogP contribution in [0.3, 0.4) is 0 Å². The van der Waals surface area contributed by atoms with Gasteiger partial charge in [-0.05, 0) is 66.8 Å². The summed E-state index contributed by atoms with van der Waals surface area (Å²) in [5.41, 5.74) is 4.10. The van der Waals surface area contributed by atoms with Gasteiger partial charge in [0.15, 0.2) is 0 Å². The highest BCUT2D eigenvalue weighted by Gasteiger charge is 2.27. The zero-order valence-corrected chi connectivity index (χ0v) is 16.4. The number of hydrogen-bond donors (Lipinski definition) is 2. The van der Waals surface area contributed by atoms with Crippen molar-refractivity contribution in [2.24, 2.45) is 0 Å². The zero-order valence-electron chi connectivity index (χ0n) is 16.4. The molecule has 1 unspecified atom stereocenters. The topological polar surface area (TPSA) is 78.4 Å². The summed E-state index contributed by atoms with van der Waals surface area (Å²) in [6, 6.07) is 13.6. The van der Waals surface area contributed by atoms with Crippen molar-refractivity contribution in [3.8, 4) is 0 Å². The lowest BCUT2D eigenvalue weighted by Crippen LogP contribution is -2.23. The Morgan fingerprint density at radius 1 is 1.21 bits per heavy atom. The maximum Gasteiger partial charge on any atom is 0.257 e. The second-order valence-corrected chi connectivity index (χ2v) is 7.24. The average molecular weight is 388 g/mol. The number of nitrogens with one attached hydrogen (secondary N) is 1. The molecular weight excluding hydrogens is 364 g/mol. The molecule has 29 heavy (non-hydrogen) atoms. The van der Waals surface area contributed by atoms with Crippen LogP contribution in [0.25, 0.3) is 0 Å². The van der Waals surface area contributed by atoms with Crippen molar-refractivity contribution < 1.29 is 9.90 Å². The van der Waals surface area contributed by atoms with Crippen molar-refractivity contribution in [2.45, 2.75) is 32.4 Å². The van der Waals surface area contributed by atoms with Gasteiger partial charge in [0.25, 0.3) is 5.91 Å². The van der Waals surface area contributed by atoms with Gasteiger partial charge in [0.1, 0.15) is 5.82 Å². The third-order valence-electron chi connectivity index (χ3n) is 5.51. The largest absolute Gasteiger partial charge is 0.392 e. The van der Waals surface area contributed by atoms with Crippen LogP contribution in [0.5, 0.6) is 0 Å². The molecule has 1 saturated heterocycles. The lowest BCUT2D eigenvalue weighted by molar-refractivity contribution is 0.102. The van der Waals surface area contributed by atoms with E-state index in [1.54, 1.807) is 6.20 Å². The summed E-state index contributed by atoms with van der Waals surface area (Å²) in [7, 11) is 0. The van der Waals surface area contributed by atoms with Gasteiger partial charge < -0.3 is 15.3 Å². The van der Waals surface area contributed by atoms with Crippen molar-refractivity contribution in [2.75, 3.05) is 16.8 Å². The van der Waals surface area contributed by atoms with E-state index in [1.165, 1.54) is 5.56 Å². The highest BCUT2D eigenvalue weighted by molar-refractivity contribution is 6.04. The van der Waals surface area contributed by atoms with Crippen LogP contribution in [-0.2, 0) is 6.61 Å². The Morgan fingerprint density at radius 3 is 2.76 bits per heavy atom. The van der Waals surface area contributed by atoms with Gasteiger partial charge in [-0.1, -0.05) is 12.1 Å². The molecule has 0 aliphatic carbocycles. The van der Waals surface area contributed by atoms with Crippen LogP contribution in [0, 0.1) is 6.92 Å². The Bertz CT molecular complexity index is 990. The fourth-order valence-corrected chi connectivity index (χ4v) is 3.85. The molecule has 1 aliphatic heterocycles. The third-order valence-corrected chi connectivity index (χ3v) is 5.51.